The van der Waals surface area contributed by atoms with Gasteiger partial charge in [-0.05, 0) is 85.8 Å². The SMILES string of the molecule is CCc1ccc(CC)cc1.Cc1ccc(C)cc1.I.II.I[I-]I.c1cc2ccc1CCc1ccc(cc1)CC2. The van der Waals surface area contributed by atoms with E-state index in [9.17, 15) is 0 Å². The maximum atomic E-state index is 2.39. The zero-order valence-corrected chi connectivity index (χ0v) is 36.9. The second-order valence-electron chi connectivity index (χ2n) is 9.37. The van der Waals surface area contributed by atoms with Crippen molar-refractivity contribution >= 4 is 98.4 Å². The Bertz CT molecular complexity index is 986. The van der Waals surface area contributed by atoms with E-state index in [0.717, 1.165) is 38.5 Å². The van der Waals surface area contributed by atoms with Gasteiger partial charge in [0.05, 0.1) is 0 Å². The van der Waals surface area contributed by atoms with Gasteiger partial charge in [0.25, 0.3) is 0 Å². The van der Waals surface area contributed by atoms with Crippen LogP contribution < -0.4 is 13.3 Å². The molecule has 8 rings (SSSR count). The van der Waals surface area contributed by atoms with Crippen LogP contribution >= 0.6 is 98.4 Å². The minimum absolute atomic E-state index is 0. The van der Waals surface area contributed by atoms with Crippen molar-refractivity contribution in [1.29, 1.82) is 0 Å². The van der Waals surface area contributed by atoms with E-state index >= 15 is 0 Å². The molecule has 0 amide bonds. The maximum absolute atomic E-state index is 2.39. The molecule has 0 unspecified atom stereocenters. The quantitative estimate of drug-likeness (QED) is 0.176. The molecule has 220 valence electrons. The van der Waals surface area contributed by atoms with Crippen LogP contribution in [0.2, 0.25) is 0 Å². The van der Waals surface area contributed by atoms with E-state index in [1.165, 1.54) is 44.5 Å². The van der Waals surface area contributed by atoms with Gasteiger partial charge >= 0.3 is 50.5 Å². The summed E-state index contributed by atoms with van der Waals surface area (Å²) in [6, 6.07) is 35.6. The summed E-state index contributed by atoms with van der Waals surface area (Å²) in [7, 11) is 0. The summed E-state index contributed by atoms with van der Waals surface area (Å²) in [4.78, 5) is 0. The van der Waals surface area contributed by atoms with E-state index in [2.05, 4.69) is 199 Å². The first-order valence-corrected chi connectivity index (χ1v) is 32.1. The number of halogens is 6. The van der Waals surface area contributed by atoms with E-state index in [4.69, 9.17) is 0 Å². The monoisotopic (exact) mass is 1210 g/mol. The Labute approximate surface area is 314 Å². The normalized spacial score (nSPS) is 10.8. The first-order valence-electron chi connectivity index (χ1n) is 13.2. The Morgan fingerprint density at radius 3 is 0.850 bits per heavy atom. The molecule has 4 aromatic rings. The van der Waals surface area contributed by atoms with Gasteiger partial charge in [-0.15, -0.1) is 24.0 Å². The first kappa shape index (κ1) is 41.3. The van der Waals surface area contributed by atoms with Crippen LogP contribution in [0.3, 0.4) is 0 Å². The Morgan fingerprint density at radius 2 is 0.675 bits per heavy atom. The Kier molecular flexibility index (Phi) is 27.5. The third kappa shape index (κ3) is 18.8. The molecule has 0 atom stereocenters. The van der Waals surface area contributed by atoms with Crippen LogP contribution in [0.4, 0.5) is 0 Å². The van der Waals surface area contributed by atoms with Gasteiger partial charge in [-0.1, -0.05) is 122 Å². The molecule has 4 aliphatic carbocycles. The van der Waals surface area contributed by atoms with E-state index in [1.54, 1.807) is 0 Å². The summed E-state index contributed by atoms with van der Waals surface area (Å²) in [6.07, 6.45) is 6.90. The van der Waals surface area contributed by atoms with Crippen LogP contribution in [-0.4, -0.2) is 0 Å². The van der Waals surface area contributed by atoms with E-state index in [-0.39, 0.29) is 24.0 Å². The standard InChI is InChI=1S/C16H16.C10H14.C8H10.I3.I2.HI/c1-2-14-4-3-13(1)9-10-15-5-7-16(8-6-15)12-11-14;1-3-9-5-7-10(4-2)8-6-9;1-7-3-5-8(2)6-4-7;1-3-2;1-2;/h1-8H,9-12H2;5-8H,3-4H2,1-2H3;3-6H,1-2H3;;;1H/q;;;-1;;. The van der Waals surface area contributed by atoms with Gasteiger partial charge in [-0.3, -0.25) is 0 Å². The summed E-state index contributed by atoms with van der Waals surface area (Å²) in [6.45, 7) is 8.56. The minimum Gasteiger partial charge on any atom is -0.0588 e. The fraction of sp³-hybridized carbons (Fsp3) is 0.294. The van der Waals surface area contributed by atoms with Crippen LogP contribution in [0.5, 0.6) is 0 Å². The van der Waals surface area contributed by atoms with Gasteiger partial charge < -0.3 is 0 Å². The van der Waals surface area contributed by atoms with Crippen molar-refractivity contribution in [2.24, 2.45) is 0 Å². The molecule has 0 nitrogen and oxygen atoms in total. The second kappa shape index (κ2) is 26.6. The van der Waals surface area contributed by atoms with Crippen molar-refractivity contribution in [3.05, 3.63) is 142 Å². The van der Waals surface area contributed by atoms with Crippen LogP contribution in [-0.2, 0) is 38.5 Å². The smallest absolute Gasteiger partial charge is 0.0238 e. The number of hydrogen-bond donors (Lipinski definition) is 0. The molecular formula is C34H41I6-. The molecule has 6 heteroatoms. The molecule has 0 aliphatic heterocycles. The van der Waals surface area contributed by atoms with Crippen molar-refractivity contribution in [1.82, 2.24) is 0 Å². The molecule has 0 aromatic heterocycles. The molecule has 4 aromatic carbocycles. The fourth-order valence-corrected chi connectivity index (χ4v) is 3.97. The average molecular weight is 1210 g/mol. The van der Waals surface area contributed by atoms with Crippen LogP contribution in [0.25, 0.3) is 0 Å². The second-order valence-corrected chi connectivity index (χ2v) is 25.6. The van der Waals surface area contributed by atoms with Crippen molar-refractivity contribution < 1.29 is 13.3 Å². The molecule has 0 fully saturated rings. The third-order valence-corrected chi connectivity index (χ3v) is 6.51. The van der Waals surface area contributed by atoms with E-state index in [1.807, 2.05) is 0 Å². The maximum Gasteiger partial charge on any atom is -0.0238 e. The molecule has 0 heterocycles. The molecule has 4 aliphatic rings. The Balaban J connectivity index is 0.000000551. The van der Waals surface area contributed by atoms with Gasteiger partial charge in [0.2, 0.25) is 0 Å². The summed E-state index contributed by atoms with van der Waals surface area (Å²) < 4.78 is 0. The third-order valence-electron chi connectivity index (χ3n) is 6.51. The Hall–Kier alpha value is 1.26. The fourth-order valence-electron chi connectivity index (χ4n) is 3.97. The van der Waals surface area contributed by atoms with Crippen molar-refractivity contribution in [2.75, 3.05) is 0 Å². The van der Waals surface area contributed by atoms with Crippen molar-refractivity contribution in [2.45, 2.75) is 66.2 Å². The number of benzene rings is 4. The molecule has 0 spiro atoms. The number of rotatable bonds is 2. The summed E-state index contributed by atoms with van der Waals surface area (Å²) in [5.41, 5.74) is 11.3. The predicted molar refractivity (Wildman–Crippen MR) is 220 cm³/mol. The molecule has 40 heavy (non-hydrogen) atoms. The number of aryl methyl sites for hydroxylation is 8. The zero-order chi connectivity index (χ0) is 28.9. The number of hydrogen-bond acceptors (Lipinski definition) is 0. The summed E-state index contributed by atoms with van der Waals surface area (Å²) in [5.74, 6) is 0. The molecule has 4 bridgehead atoms. The average Bonchev–Trinajstić information content (AvgIpc) is 2.98. The van der Waals surface area contributed by atoms with Crippen LogP contribution in [0.1, 0.15) is 58.4 Å². The first-order chi connectivity index (χ1) is 19.0. The van der Waals surface area contributed by atoms with Gasteiger partial charge in [-0.2, -0.15) is 0 Å². The molecule has 0 saturated heterocycles. The van der Waals surface area contributed by atoms with Crippen LogP contribution in [0.15, 0.2) is 97.1 Å². The molecule has 0 radical (unpaired) electrons. The topological polar surface area (TPSA) is 0 Å². The predicted octanol–water partition coefficient (Wildman–Crippen LogP) is 9.85. The van der Waals surface area contributed by atoms with Gasteiger partial charge in [0.15, 0.2) is 0 Å². The minimum atomic E-state index is 0. The molecule has 0 N–H and O–H groups in total. The zero-order valence-electron chi connectivity index (χ0n) is 23.8. The van der Waals surface area contributed by atoms with Gasteiger partial charge in [-0.25, -0.2) is 0 Å². The van der Waals surface area contributed by atoms with Crippen molar-refractivity contribution in [3.63, 3.8) is 0 Å². The molecule has 0 saturated carbocycles. The largest absolute Gasteiger partial charge is 0.0588 e. The van der Waals surface area contributed by atoms with Crippen LogP contribution in [0, 0.1) is 13.8 Å². The molecular weight excluding hydrogens is 1170 g/mol. The summed E-state index contributed by atoms with van der Waals surface area (Å²) >= 11 is 9.54. The van der Waals surface area contributed by atoms with Crippen molar-refractivity contribution in [3.8, 4) is 0 Å². The van der Waals surface area contributed by atoms with E-state index < -0.39 is 0 Å². The van der Waals surface area contributed by atoms with Gasteiger partial charge in [0, 0.05) is 37.2 Å². The van der Waals surface area contributed by atoms with E-state index in [0.29, 0.717) is 13.3 Å². The van der Waals surface area contributed by atoms with Gasteiger partial charge in [0.1, 0.15) is 0 Å². The Morgan fingerprint density at radius 1 is 0.475 bits per heavy atom. The summed E-state index contributed by atoms with van der Waals surface area (Å²) in [5, 5.41) is 0.